The maximum absolute atomic E-state index is 11.4. The molecule has 2 unspecified atom stereocenters. The van der Waals surface area contributed by atoms with Crippen LogP contribution < -0.4 is 0 Å². The second-order valence-corrected chi connectivity index (χ2v) is 7.07. The van der Waals surface area contributed by atoms with Gasteiger partial charge >= 0.3 is 6.09 Å². The lowest BCUT2D eigenvalue weighted by molar-refractivity contribution is -0.0192. The van der Waals surface area contributed by atoms with Gasteiger partial charge in [-0.05, 0) is 42.9 Å². The molecule has 0 aromatic rings. The van der Waals surface area contributed by atoms with E-state index in [4.69, 9.17) is 0 Å². The zero-order chi connectivity index (χ0) is 14.7. The van der Waals surface area contributed by atoms with Gasteiger partial charge in [0.25, 0.3) is 0 Å². The Morgan fingerprint density at radius 2 is 1.89 bits per heavy atom. The van der Waals surface area contributed by atoms with Crippen molar-refractivity contribution >= 4 is 6.09 Å². The number of carbonyl (C=O) groups is 1. The summed E-state index contributed by atoms with van der Waals surface area (Å²) in [5, 5.41) is 9.39. The van der Waals surface area contributed by atoms with Crippen molar-refractivity contribution in [1.82, 2.24) is 4.90 Å². The summed E-state index contributed by atoms with van der Waals surface area (Å²) in [6.07, 6.45) is 5.76. The Kier molecular flexibility index (Phi) is 5.28. The van der Waals surface area contributed by atoms with Gasteiger partial charge in [0.1, 0.15) is 0 Å². The average molecular weight is 269 g/mol. The number of hydrogen-bond donors (Lipinski definition) is 1. The first kappa shape index (κ1) is 16.3. The van der Waals surface area contributed by atoms with Crippen LogP contribution in [0.5, 0.6) is 0 Å². The van der Waals surface area contributed by atoms with Crippen molar-refractivity contribution in [3.05, 3.63) is 0 Å². The van der Waals surface area contributed by atoms with E-state index in [0.717, 1.165) is 25.7 Å². The molecule has 3 nitrogen and oxygen atoms in total. The molecule has 0 aromatic carbocycles. The van der Waals surface area contributed by atoms with Crippen LogP contribution in [0.4, 0.5) is 4.79 Å². The van der Waals surface area contributed by atoms with Gasteiger partial charge in [0.05, 0.1) is 0 Å². The summed E-state index contributed by atoms with van der Waals surface area (Å²) in [7, 11) is 0. The Bertz CT molecular complexity index is 314. The summed E-state index contributed by atoms with van der Waals surface area (Å²) in [5.41, 5.74) is 0.571. The lowest BCUT2D eigenvalue weighted by Gasteiger charge is -2.52. The smallest absolute Gasteiger partial charge is 0.407 e. The second-order valence-electron chi connectivity index (χ2n) is 7.07. The molecule has 2 atom stereocenters. The molecule has 0 aromatic heterocycles. The van der Waals surface area contributed by atoms with Crippen molar-refractivity contribution in [2.45, 2.75) is 79.2 Å². The molecular formula is C16H31NO2. The minimum Gasteiger partial charge on any atom is -0.465 e. The summed E-state index contributed by atoms with van der Waals surface area (Å²) in [5.74, 6) is 0. The van der Waals surface area contributed by atoms with E-state index in [1.807, 2.05) is 6.92 Å². The third-order valence-corrected chi connectivity index (χ3v) is 5.36. The molecule has 112 valence electrons. The zero-order valence-corrected chi connectivity index (χ0v) is 13.3. The van der Waals surface area contributed by atoms with E-state index < -0.39 is 6.09 Å². The van der Waals surface area contributed by atoms with Crippen LogP contribution in [0.15, 0.2) is 0 Å². The second kappa shape index (κ2) is 6.15. The molecular weight excluding hydrogens is 238 g/mol. The molecule has 1 amide bonds. The van der Waals surface area contributed by atoms with Crippen molar-refractivity contribution in [2.24, 2.45) is 10.8 Å². The minimum atomic E-state index is -0.748. The van der Waals surface area contributed by atoms with Gasteiger partial charge in [0.15, 0.2) is 0 Å². The predicted molar refractivity (Wildman–Crippen MR) is 79.5 cm³/mol. The van der Waals surface area contributed by atoms with Gasteiger partial charge < -0.3 is 10.0 Å². The monoisotopic (exact) mass is 269 g/mol. The van der Waals surface area contributed by atoms with Gasteiger partial charge in [0.2, 0.25) is 0 Å². The zero-order valence-electron chi connectivity index (χ0n) is 13.3. The molecule has 0 saturated heterocycles. The third kappa shape index (κ3) is 3.43. The van der Waals surface area contributed by atoms with Crippen molar-refractivity contribution in [2.75, 3.05) is 6.54 Å². The summed E-state index contributed by atoms with van der Waals surface area (Å²) in [4.78, 5) is 13.1. The van der Waals surface area contributed by atoms with Gasteiger partial charge in [-0.15, -0.1) is 0 Å². The fourth-order valence-electron chi connectivity index (χ4n) is 3.72. The molecule has 3 heteroatoms. The average Bonchev–Trinajstić information content (AvgIpc) is 2.30. The first-order valence-electron chi connectivity index (χ1n) is 7.77. The molecule has 1 aliphatic rings. The van der Waals surface area contributed by atoms with E-state index in [1.54, 1.807) is 4.90 Å². The van der Waals surface area contributed by atoms with Crippen LogP contribution in [0.25, 0.3) is 0 Å². The standard InChI is InChI=1S/C16H31NO2/c1-6-9-16(5)10-8-13(12-15(16,3)4)17(11-7-2)14(18)19/h13H,6-12H2,1-5H3,(H,18,19). The van der Waals surface area contributed by atoms with E-state index in [0.29, 0.717) is 12.0 Å². The van der Waals surface area contributed by atoms with E-state index in [1.165, 1.54) is 12.8 Å². The number of amides is 1. The molecule has 1 N–H and O–H groups in total. The topological polar surface area (TPSA) is 40.5 Å². The Morgan fingerprint density at radius 1 is 1.26 bits per heavy atom. The Morgan fingerprint density at radius 3 is 2.32 bits per heavy atom. The molecule has 0 radical (unpaired) electrons. The van der Waals surface area contributed by atoms with Crippen LogP contribution in [0.1, 0.15) is 73.1 Å². The maximum atomic E-state index is 11.4. The summed E-state index contributed by atoms with van der Waals surface area (Å²) in [6.45, 7) is 12.0. The van der Waals surface area contributed by atoms with Gasteiger partial charge in [-0.2, -0.15) is 0 Å². The fourth-order valence-corrected chi connectivity index (χ4v) is 3.72. The Labute approximate surface area is 118 Å². The molecule has 0 aliphatic heterocycles. The van der Waals surface area contributed by atoms with Gasteiger partial charge in [-0.25, -0.2) is 4.79 Å². The van der Waals surface area contributed by atoms with Crippen LogP contribution in [0, 0.1) is 10.8 Å². The molecule has 0 spiro atoms. The summed E-state index contributed by atoms with van der Waals surface area (Å²) >= 11 is 0. The summed E-state index contributed by atoms with van der Waals surface area (Å²) in [6, 6.07) is 0.206. The Balaban J connectivity index is 2.82. The van der Waals surface area contributed by atoms with Crippen LogP contribution >= 0.6 is 0 Å². The Hall–Kier alpha value is -0.730. The fraction of sp³-hybridized carbons (Fsp3) is 0.938. The van der Waals surface area contributed by atoms with E-state index in [-0.39, 0.29) is 11.5 Å². The highest BCUT2D eigenvalue weighted by molar-refractivity contribution is 5.65. The minimum absolute atomic E-state index is 0.206. The molecule has 0 bridgehead atoms. The molecule has 1 aliphatic carbocycles. The van der Waals surface area contributed by atoms with Crippen LogP contribution in [-0.4, -0.2) is 28.7 Å². The van der Waals surface area contributed by atoms with Gasteiger partial charge in [-0.3, -0.25) is 0 Å². The number of hydrogen-bond acceptors (Lipinski definition) is 1. The van der Waals surface area contributed by atoms with Crippen LogP contribution in [-0.2, 0) is 0 Å². The quantitative estimate of drug-likeness (QED) is 0.781. The van der Waals surface area contributed by atoms with E-state index in [9.17, 15) is 9.90 Å². The van der Waals surface area contributed by atoms with Crippen molar-refractivity contribution < 1.29 is 9.90 Å². The normalized spacial score (nSPS) is 30.1. The number of rotatable bonds is 5. The number of nitrogens with zero attached hydrogens (tertiary/aromatic N) is 1. The maximum Gasteiger partial charge on any atom is 0.407 e. The number of carboxylic acid groups (broad SMARTS) is 1. The lowest BCUT2D eigenvalue weighted by Crippen LogP contribution is -2.50. The predicted octanol–water partition coefficient (Wildman–Crippen LogP) is 4.76. The highest BCUT2D eigenvalue weighted by Gasteiger charge is 2.46. The largest absolute Gasteiger partial charge is 0.465 e. The van der Waals surface area contributed by atoms with Crippen molar-refractivity contribution in [1.29, 1.82) is 0 Å². The highest BCUT2D eigenvalue weighted by Crippen LogP contribution is 2.53. The van der Waals surface area contributed by atoms with Crippen LogP contribution in [0.2, 0.25) is 0 Å². The molecule has 1 fully saturated rings. The van der Waals surface area contributed by atoms with E-state index >= 15 is 0 Å². The molecule has 1 rings (SSSR count). The highest BCUT2D eigenvalue weighted by atomic mass is 16.4. The molecule has 19 heavy (non-hydrogen) atoms. The first-order valence-corrected chi connectivity index (χ1v) is 7.77. The lowest BCUT2D eigenvalue weighted by atomic mass is 9.56. The molecule has 1 saturated carbocycles. The van der Waals surface area contributed by atoms with Crippen molar-refractivity contribution in [3.63, 3.8) is 0 Å². The van der Waals surface area contributed by atoms with Crippen LogP contribution in [0.3, 0.4) is 0 Å². The van der Waals surface area contributed by atoms with Gasteiger partial charge in [-0.1, -0.05) is 41.0 Å². The van der Waals surface area contributed by atoms with Gasteiger partial charge in [0, 0.05) is 12.6 Å². The third-order valence-electron chi connectivity index (χ3n) is 5.36. The van der Waals surface area contributed by atoms with E-state index in [2.05, 4.69) is 27.7 Å². The first-order chi connectivity index (χ1) is 8.77. The van der Waals surface area contributed by atoms with Crippen molar-refractivity contribution in [3.8, 4) is 0 Å². The summed E-state index contributed by atoms with van der Waals surface area (Å²) < 4.78 is 0. The SMILES string of the molecule is CCCN(C(=O)O)C1CCC(C)(CCC)C(C)(C)C1. The molecule has 0 heterocycles.